The van der Waals surface area contributed by atoms with Crippen LogP contribution in [0.1, 0.15) is 29.4 Å². The number of pyridine rings is 1. The molecule has 2 heterocycles. The van der Waals surface area contributed by atoms with E-state index < -0.39 is 0 Å². The van der Waals surface area contributed by atoms with Crippen LogP contribution in [0.15, 0.2) is 18.3 Å². The molecule has 1 aliphatic rings. The van der Waals surface area contributed by atoms with Crippen molar-refractivity contribution in [3.8, 4) is 0 Å². The highest BCUT2D eigenvalue weighted by Gasteiger charge is 2.27. The molecule has 0 radical (unpaired) electrons. The molecule has 1 amide bonds. The average molecular weight is 264 g/mol. The fraction of sp³-hybridized carbons (Fsp3) is 0.571. The van der Waals surface area contributed by atoms with Crippen molar-refractivity contribution < 1.29 is 14.3 Å². The van der Waals surface area contributed by atoms with Crippen LogP contribution in [0.25, 0.3) is 0 Å². The van der Waals surface area contributed by atoms with Gasteiger partial charge in [-0.2, -0.15) is 0 Å². The average Bonchev–Trinajstić information content (AvgIpc) is 2.42. The van der Waals surface area contributed by atoms with Crippen molar-refractivity contribution in [2.24, 2.45) is 0 Å². The van der Waals surface area contributed by atoms with Gasteiger partial charge in [0.25, 0.3) is 5.91 Å². The van der Waals surface area contributed by atoms with Crippen LogP contribution < -0.4 is 5.32 Å². The van der Waals surface area contributed by atoms with E-state index in [1.165, 1.54) is 0 Å². The third kappa shape index (κ3) is 3.75. The van der Waals surface area contributed by atoms with Crippen molar-refractivity contribution >= 4 is 5.91 Å². The molecule has 2 rings (SSSR count). The fourth-order valence-electron chi connectivity index (χ4n) is 2.11. The zero-order chi connectivity index (χ0) is 13.7. The number of hydrogen-bond acceptors (Lipinski definition) is 4. The van der Waals surface area contributed by atoms with Crippen LogP contribution in [0.3, 0.4) is 0 Å². The Balaban J connectivity index is 1.98. The summed E-state index contributed by atoms with van der Waals surface area (Å²) in [4.78, 5) is 16.3. The molecule has 1 fully saturated rings. The summed E-state index contributed by atoms with van der Waals surface area (Å²) in [5, 5.41) is 3.01. The molecule has 0 unspecified atom stereocenters. The first kappa shape index (κ1) is 14.0. The minimum absolute atomic E-state index is 0.00232. The van der Waals surface area contributed by atoms with E-state index in [2.05, 4.69) is 10.3 Å². The monoisotopic (exact) mass is 264 g/mol. The second-order valence-electron chi connectivity index (χ2n) is 4.63. The molecule has 5 nitrogen and oxygen atoms in total. The maximum absolute atomic E-state index is 12.1. The van der Waals surface area contributed by atoms with E-state index >= 15 is 0 Å². The number of rotatable bonds is 4. The minimum atomic E-state index is -0.107. The van der Waals surface area contributed by atoms with Crippen LogP contribution in [0, 0.1) is 6.92 Å². The van der Waals surface area contributed by atoms with E-state index in [0.717, 1.165) is 12.1 Å². The van der Waals surface area contributed by atoms with E-state index in [1.54, 1.807) is 12.3 Å². The Labute approximate surface area is 113 Å². The summed E-state index contributed by atoms with van der Waals surface area (Å²) in [5.74, 6) is -0.107. The highest BCUT2D eigenvalue weighted by Crippen LogP contribution is 2.12. The third-order valence-electron chi connectivity index (χ3n) is 3.17. The first-order valence-corrected chi connectivity index (χ1v) is 6.63. The predicted molar refractivity (Wildman–Crippen MR) is 71.1 cm³/mol. The standard InChI is InChI=1S/C14H20N2O3/c1-3-19-13-9-18-7-6-12(13)16-14(17)11-5-4-10(2)15-8-11/h4-5,8,12-13H,3,6-7,9H2,1-2H3,(H,16,17)/t12-,13-/m1/s1. The Morgan fingerprint density at radius 1 is 1.58 bits per heavy atom. The number of carbonyl (C=O) groups excluding carboxylic acids is 1. The highest BCUT2D eigenvalue weighted by molar-refractivity contribution is 5.94. The molecule has 0 aliphatic carbocycles. The van der Waals surface area contributed by atoms with E-state index in [9.17, 15) is 4.79 Å². The molecule has 104 valence electrons. The summed E-state index contributed by atoms with van der Waals surface area (Å²) >= 11 is 0. The first-order valence-electron chi connectivity index (χ1n) is 6.63. The largest absolute Gasteiger partial charge is 0.379 e. The van der Waals surface area contributed by atoms with Gasteiger partial charge >= 0.3 is 0 Å². The first-order chi connectivity index (χ1) is 9.20. The Hall–Kier alpha value is -1.46. The number of carbonyl (C=O) groups is 1. The molecular formula is C14H20N2O3. The molecule has 1 aliphatic heterocycles. The third-order valence-corrected chi connectivity index (χ3v) is 3.17. The zero-order valence-electron chi connectivity index (χ0n) is 11.4. The van der Waals surface area contributed by atoms with Crippen molar-refractivity contribution in [3.05, 3.63) is 29.6 Å². The van der Waals surface area contributed by atoms with Gasteiger partial charge in [0, 0.05) is 25.1 Å². The number of aromatic nitrogens is 1. The van der Waals surface area contributed by atoms with E-state index in [1.807, 2.05) is 19.9 Å². The molecule has 5 heteroatoms. The van der Waals surface area contributed by atoms with Crippen molar-refractivity contribution in [1.29, 1.82) is 0 Å². The fourth-order valence-corrected chi connectivity index (χ4v) is 2.11. The van der Waals surface area contributed by atoms with Crippen LogP contribution in [-0.2, 0) is 9.47 Å². The molecular weight excluding hydrogens is 244 g/mol. The Bertz CT molecular complexity index is 417. The lowest BCUT2D eigenvalue weighted by atomic mass is 10.1. The van der Waals surface area contributed by atoms with Crippen LogP contribution in [0.4, 0.5) is 0 Å². The van der Waals surface area contributed by atoms with E-state index in [0.29, 0.717) is 25.4 Å². The van der Waals surface area contributed by atoms with E-state index in [4.69, 9.17) is 9.47 Å². The minimum Gasteiger partial charge on any atom is -0.379 e. The van der Waals surface area contributed by atoms with Gasteiger partial charge in [0.15, 0.2) is 0 Å². The second-order valence-corrected chi connectivity index (χ2v) is 4.63. The topological polar surface area (TPSA) is 60.5 Å². The van der Waals surface area contributed by atoms with Gasteiger partial charge in [-0.1, -0.05) is 0 Å². The van der Waals surface area contributed by atoms with Gasteiger partial charge in [0.2, 0.25) is 0 Å². The number of ether oxygens (including phenoxy) is 2. The lowest BCUT2D eigenvalue weighted by Gasteiger charge is -2.31. The highest BCUT2D eigenvalue weighted by atomic mass is 16.5. The van der Waals surface area contributed by atoms with E-state index in [-0.39, 0.29) is 18.1 Å². The summed E-state index contributed by atoms with van der Waals surface area (Å²) in [5.41, 5.74) is 1.47. The van der Waals surface area contributed by atoms with Crippen molar-refractivity contribution in [1.82, 2.24) is 10.3 Å². The summed E-state index contributed by atoms with van der Waals surface area (Å²) in [6.07, 6.45) is 2.30. The predicted octanol–water partition coefficient (Wildman–Crippen LogP) is 1.31. The molecule has 0 saturated carbocycles. The quantitative estimate of drug-likeness (QED) is 0.891. The number of nitrogens with zero attached hydrogens (tertiary/aromatic N) is 1. The molecule has 1 aromatic rings. The van der Waals surface area contributed by atoms with Gasteiger partial charge in [-0.25, -0.2) is 0 Å². The molecule has 0 spiro atoms. The Morgan fingerprint density at radius 2 is 2.42 bits per heavy atom. The van der Waals surface area contributed by atoms with Gasteiger partial charge in [-0.3, -0.25) is 9.78 Å². The summed E-state index contributed by atoms with van der Waals surface area (Å²) in [6.45, 7) is 5.64. The normalized spacial score (nSPS) is 23.1. The summed E-state index contributed by atoms with van der Waals surface area (Å²) in [6, 6.07) is 3.62. The molecule has 1 saturated heterocycles. The zero-order valence-corrected chi connectivity index (χ0v) is 11.4. The molecule has 0 bridgehead atoms. The molecule has 19 heavy (non-hydrogen) atoms. The van der Waals surface area contributed by atoms with Crippen molar-refractivity contribution in [3.63, 3.8) is 0 Å². The van der Waals surface area contributed by atoms with Crippen molar-refractivity contribution in [2.45, 2.75) is 32.4 Å². The summed E-state index contributed by atoms with van der Waals surface area (Å²) in [7, 11) is 0. The van der Waals surface area contributed by atoms with Crippen LogP contribution >= 0.6 is 0 Å². The van der Waals surface area contributed by atoms with Gasteiger partial charge in [-0.15, -0.1) is 0 Å². The van der Waals surface area contributed by atoms with Gasteiger partial charge in [-0.05, 0) is 32.4 Å². The number of aryl methyl sites for hydroxylation is 1. The van der Waals surface area contributed by atoms with Gasteiger partial charge in [0.05, 0.1) is 18.2 Å². The lowest BCUT2D eigenvalue weighted by Crippen LogP contribution is -2.50. The SMILES string of the molecule is CCO[C@@H]1COCC[C@H]1NC(=O)c1ccc(C)nc1. The van der Waals surface area contributed by atoms with Crippen LogP contribution in [0.2, 0.25) is 0 Å². The van der Waals surface area contributed by atoms with Crippen LogP contribution in [0.5, 0.6) is 0 Å². The number of nitrogens with one attached hydrogen (secondary N) is 1. The smallest absolute Gasteiger partial charge is 0.253 e. The van der Waals surface area contributed by atoms with Crippen molar-refractivity contribution in [2.75, 3.05) is 19.8 Å². The van der Waals surface area contributed by atoms with Gasteiger partial charge < -0.3 is 14.8 Å². The van der Waals surface area contributed by atoms with Gasteiger partial charge in [0.1, 0.15) is 6.10 Å². The Morgan fingerprint density at radius 3 is 3.11 bits per heavy atom. The molecule has 0 aromatic carbocycles. The maximum Gasteiger partial charge on any atom is 0.253 e. The lowest BCUT2D eigenvalue weighted by molar-refractivity contribution is -0.0632. The number of hydrogen-bond donors (Lipinski definition) is 1. The molecule has 1 N–H and O–H groups in total. The molecule has 1 aromatic heterocycles. The maximum atomic E-state index is 12.1. The second kappa shape index (κ2) is 6.63. The molecule has 2 atom stereocenters. The Kier molecular flexibility index (Phi) is 4.87. The number of amides is 1. The van der Waals surface area contributed by atoms with Crippen LogP contribution in [-0.4, -0.2) is 42.9 Å². The summed E-state index contributed by atoms with van der Waals surface area (Å²) < 4.78 is 11.0.